The number of hydrogen-bond acceptors (Lipinski definition) is 6. The zero-order valence-corrected chi connectivity index (χ0v) is 19.8. The Labute approximate surface area is 193 Å². The summed E-state index contributed by atoms with van der Waals surface area (Å²) < 4.78 is 1.98. The number of carbonyl (C=O) groups is 1. The summed E-state index contributed by atoms with van der Waals surface area (Å²) in [5.41, 5.74) is 2.04. The van der Waals surface area contributed by atoms with Gasteiger partial charge in [-0.15, -0.1) is 10.2 Å². The molecule has 1 atom stereocenters. The maximum absolute atomic E-state index is 12.6. The molecule has 32 heavy (non-hydrogen) atoms. The summed E-state index contributed by atoms with van der Waals surface area (Å²) in [6.45, 7) is 9.85. The molecule has 0 saturated carbocycles. The van der Waals surface area contributed by atoms with Crippen LogP contribution in [0.15, 0.2) is 53.9 Å². The number of benzene rings is 1. The second kappa shape index (κ2) is 9.96. The standard InChI is InChI=1S/C24H28N6OS/c1-16(2)19-10-6-7-11-20(19)30-22(18-9-8-12-26-13-18)28-29-23(30)32-14-21(31)27-24(5,15-25)17(3)4/h6-13,16-17H,14H2,1-5H3,(H,27,31)/t24-/m0/s1. The number of thioether (sulfide) groups is 1. The molecule has 2 heterocycles. The maximum Gasteiger partial charge on any atom is 0.231 e. The summed E-state index contributed by atoms with van der Waals surface area (Å²) >= 11 is 1.30. The lowest BCUT2D eigenvalue weighted by Crippen LogP contribution is -2.49. The number of nitrogens with zero attached hydrogens (tertiary/aromatic N) is 5. The molecule has 3 rings (SSSR count). The highest BCUT2D eigenvalue weighted by Crippen LogP contribution is 2.32. The van der Waals surface area contributed by atoms with E-state index in [0.29, 0.717) is 16.9 Å². The summed E-state index contributed by atoms with van der Waals surface area (Å²) in [6.07, 6.45) is 3.47. The van der Waals surface area contributed by atoms with Gasteiger partial charge in [0.05, 0.1) is 17.5 Å². The topological polar surface area (TPSA) is 96.5 Å². The molecule has 0 radical (unpaired) electrons. The highest BCUT2D eigenvalue weighted by atomic mass is 32.2. The Bertz CT molecular complexity index is 1120. The van der Waals surface area contributed by atoms with Gasteiger partial charge in [0.15, 0.2) is 11.0 Å². The Morgan fingerprint density at radius 1 is 1.19 bits per heavy atom. The molecule has 0 bridgehead atoms. The lowest BCUT2D eigenvalue weighted by molar-refractivity contribution is -0.120. The van der Waals surface area contributed by atoms with Gasteiger partial charge in [0, 0.05) is 18.0 Å². The first-order valence-electron chi connectivity index (χ1n) is 10.6. The van der Waals surface area contributed by atoms with Crippen LogP contribution in [0.3, 0.4) is 0 Å². The lowest BCUT2D eigenvalue weighted by atomic mass is 9.90. The van der Waals surface area contributed by atoms with E-state index in [9.17, 15) is 10.1 Å². The van der Waals surface area contributed by atoms with Crippen molar-refractivity contribution in [3.05, 3.63) is 54.4 Å². The summed E-state index contributed by atoms with van der Waals surface area (Å²) in [6, 6.07) is 14.1. The zero-order valence-electron chi connectivity index (χ0n) is 19.0. The Hall–Kier alpha value is -3.18. The Kier molecular flexibility index (Phi) is 7.31. The molecule has 2 aromatic heterocycles. The first-order valence-corrected chi connectivity index (χ1v) is 11.6. The summed E-state index contributed by atoms with van der Waals surface area (Å²) in [7, 11) is 0. The van der Waals surface area contributed by atoms with E-state index in [1.54, 1.807) is 19.3 Å². The van der Waals surface area contributed by atoms with E-state index >= 15 is 0 Å². The van der Waals surface area contributed by atoms with Gasteiger partial charge in [-0.2, -0.15) is 5.26 Å². The number of carbonyl (C=O) groups excluding carboxylic acids is 1. The van der Waals surface area contributed by atoms with Crippen molar-refractivity contribution in [3.63, 3.8) is 0 Å². The van der Waals surface area contributed by atoms with E-state index in [4.69, 9.17) is 0 Å². The van der Waals surface area contributed by atoms with Gasteiger partial charge in [0.1, 0.15) is 5.54 Å². The van der Waals surface area contributed by atoms with Gasteiger partial charge in [0.25, 0.3) is 0 Å². The monoisotopic (exact) mass is 448 g/mol. The van der Waals surface area contributed by atoms with Crippen LogP contribution in [0.5, 0.6) is 0 Å². The van der Waals surface area contributed by atoms with Crippen molar-refractivity contribution in [2.24, 2.45) is 5.92 Å². The Morgan fingerprint density at radius 3 is 2.56 bits per heavy atom. The molecule has 1 aromatic carbocycles. The minimum atomic E-state index is -0.920. The van der Waals surface area contributed by atoms with Gasteiger partial charge < -0.3 is 5.32 Å². The fraction of sp³-hybridized carbons (Fsp3) is 0.375. The van der Waals surface area contributed by atoms with E-state index in [2.05, 4.69) is 46.5 Å². The van der Waals surface area contributed by atoms with Crippen molar-refractivity contribution < 1.29 is 4.79 Å². The predicted octanol–water partition coefficient (Wildman–Crippen LogP) is 4.60. The number of hydrogen-bond donors (Lipinski definition) is 1. The van der Waals surface area contributed by atoms with Crippen LogP contribution in [0.1, 0.15) is 46.1 Å². The molecule has 8 heteroatoms. The normalized spacial score (nSPS) is 13.1. The van der Waals surface area contributed by atoms with Gasteiger partial charge in [-0.3, -0.25) is 14.3 Å². The van der Waals surface area contributed by atoms with Crippen molar-refractivity contribution in [2.45, 2.75) is 51.2 Å². The average Bonchev–Trinajstić information content (AvgIpc) is 3.21. The number of para-hydroxylation sites is 1. The van der Waals surface area contributed by atoms with Crippen LogP contribution in [0.4, 0.5) is 0 Å². The molecule has 0 aliphatic carbocycles. The molecule has 1 N–H and O–H groups in total. The van der Waals surface area contributed by atoms with Gasteiger partial charge in [-0.1, -0.05) is 57.7 Å². The smallest absolute Gasteiger partial charge is 0.231 e. The molecule has 3 aromatic rings. The first-order chi connectivity index (χ1) is 15.3. The third-order valence-corrected chi connectivity index (χ3v) is 6.40. The molecule has 0 fully saturated rings. The quantitative estimate of drug-likeness (QED) is 0.506. The minimum absolute atomic E-state index is 0.0137. The van der Waals surface area contributed by atoms with E-state index in [1.165, 1.54) is 11.8 Å². The fourth-order valence-electron chi connectivity index (χ4n) is 3.20. The van der Waals surface area contributed by atoms with Gasteiger partial charge in [-0.05, 0) is 42.5 Å². The van der Waals surface area contributed by atoms with Gasteiger partial charge in [-0.25, -0.2) is 0 Å². The largest absolute Gasteiger partial charge is 0.337 e. The van der Waals surface area contributed by atoms with Gasteiger partial charge >= 0.3 is 0 Å². The van der Waals surface area contributed by atoms with Crippen molar-refractivity contribution in [2.75, 3.05) is 5.75 Å². The molecule has 0 aliphatic rings. The average molecular weight is 449 g/mol. The molecule has 0 aliphatic heterocycles. The van der Waals surface area contributed by atoms with Crippen molar-refractivity contribution >= 4 is 17.7 Å². The number of aromatic nitrogens is 4. The van der Waals surface area contributed by atoms with E-state index in [0.717, 1.165) is 16.8 Å². The molecule has 0 unspecified atom stereocenters. The van der Waals surface area contributed by atoms with E-state index in [-0.39, 0.29) is 17.6 Å². The van der Waals surface area contributed by atoms with Crippen LogP contribution in [0.2, 0.25) is 0 Å². The number of nitriles is 1. The Morgan fingerprint density at radius 2 is 1.94 bits per heavy atom. The SMILES string of the molecule is CC(C)c1ccccc1-n1c(SCC(=O)N[C@@](C)(C#N)C(C)C)nnc1-c1cccnc1. The van der Waals surface area contributed by atoms with E-state index in [1.807, 2.05) is 48.7 Å². The van der Waals surface area contributed by atoms with Crippen LogP contribution in [-0.2, 0) is 4.79 Å². The van der Waals surface area contributed by atoms with Crippen molar-refractivity contribution in [1.82, 2.24) is 25.1 Å². The highest BCUT2D eigenvalue weighted by Gasteiger charge is 2.30. The number of rotatable bonds is 8. The third kappa shape index (κ3) is 5.00. The van der Waals surface area contributed by atoms with Crippen LogP contribution < -0.4 is 5.32 Å². The summed E-state index contributed by atoms with van der Waals surface area (Å²) in [5, 5.41) is 21.8. The molecule has 1 amide bonds. The van der Waals surface area contributed by atoms with Gasteiger partial charge in [0.2, 0.25) is 5.91 Å². The highest BCUT2D eigenvalue weighted by molar-refractivity contribution is 7.99. The fourth-order valence-corrected chi connectivity index (χ4v) is 3.94. The number of pyridine rings is 1. The molecular weight excluding hydrogens is 420 g/mol. The maximum atomic E-state index is 12.6. The minimum Gasteiger partial charge on any atom is -0.337 e. The molecule has 7 nitrogen and oxygen atoms in total. The number of amides is 1. The van der Waals surface area contributed by atoms with Crippen LogP contribution >= 0.6 is 11.8 Å². The first kappa shape index (κ1) is 23.5. The van der Waals surface area contributed by atoms with E-state index < -0.39 is 5.54 Å². The summed E-state index contributed by atoms with van der Waals surface area (Å²) in [4.78, 5) is 16.9. The van der Waals surface area contributed by atoms with Crippen LogP contribution in [0.25, 0.3) is 17.1 Å². The summed E-state index contributed by atoms with van der Waals surface area (Å²) in [5.74, 6) is 0.846. The predicted molar refractivity (Wildman–Crippen MR) is 126 cm³/mol. The van der Waals surface area contributed by atoms with Crippen molar-refractivity contribution in [1.29, 1.82) is 5.26 Å². The molecule has 0 spiro atoms. The van der Waals surface area contributed by atoms with Crippen molar-refractivity contribution in [3.8, 4) is 23.1 Å². The van der Waals surface area contributed by atoms with Crippen LogP contribution in [-0.4, -0.2) is 36.9 Å². The second-order valence-corrected chi connectivity index (χ2v) is 9.35. The number of nitrogens with one attached hydrogen (secondary N) is 1. The lowest BCUT2D eigenvalue weighted by Gasteiger charge is -2.27. The third-order valence-electron chi connectivity index (χ3n) is 5.47. The zero-order chi connectivity index (χ0) is 23.3. The molecule has 0 saturated heterocycles. The Balaban J connectivity index is 1.97. The molecule has 166 valence electrons. The van der Waals surface area contributed by atoms with Crippen LogP contribution in [0, 0.1) is 17.2 Å². The second-order valence-electron chi connectivity index (χ2n) is 8.40. The molecular formula is C24H28N6OS.